The van der Waals surface area contributed by atoms with E-state index < -0.39 is 12.6 Å². The summed E-state index contributed by atoms with van der Waals surface area (Å²) in [5.74, 6) is 0.900. The van der Waals surface area contributed by atoms with Gasteiger partial charge in [-0.3, -0.25) is 4.79 Å². The lowest BCUT2D eigenvalue weighted by molar-refractivity contribution is -0.139. The topological polar surface area (TPSA) is 54.5 Å². The van der Waals surface area contributed by atoms with Crippen molar-refractivity contribution in [3.05, 3.63) is 54.4 Å². The molecule has 2 aromatic rings. The van der Waals surface area contributed by atoms with Gasteiger partial charge in [0.05, 0.1) is 12.7 Å². The van der Waals surface area contributed by atoms with E-state index >= 15 is 0 Å². The second-order valence-electron chi connectivity index (χ2n) is 7.90. The molecule has 1 fully saturated rings. The molecule has 8 heteroatoms. The highest BCUT2D eigenvalue weighted by atomic mass is 19.4. The first-order valence-electron chi connectivity index (χ1n) is 10.4. The van der Waals surface area contributed by atoms with E-state index in [0.717, 1.165) is 28.5 Å². The van der Waals surface area contributed by atoms with Crippen molar-refractivity contribution in [2.75, 3.05) is 25.0 Å². The quantitative estimate of drug-likeness (QED) is 0.715. The van der Waals surface area contributed by atoms with Crippen molar-refractivity contribution in [3.8, 4) is 0 Å². The van der Waals surface area contributed by atoms with Crippen molar-refractivity contribution in [2.24, 2.45) is 5.92 Å². The summed E-state index contributed by atoms with van der Waals surface area (Å²) < 4.78 is 42.7. The minimum absolute atomic E-state index is 0.0116. The Balaban J connectivity index is 1.37. The van der Waals surface area contributed by atoms with Gasteiger partial charge in [0.1, 0.15) is 11.6 Å². The van der Waals surface area contributed by atoms with E-state index in [1.807, 2.05) is 36.4 Å². The number of nitrogens with zero attached hydrogens (tertiary/aromatic N) is 2. The molecule has 4 rings (SSSR count). The number of carbonyl (C=O) groups is 1. The predicted molar refractivity (Wildman–Crippen MR) is 113 cm³/mol. The van der Waals surface area contributed by atoms with Gasteiger partial charge in [-0.1, -0.05) is 12.1 Å². The van der Waals surface area contributed by atoms with Crippen LogP contribution in [0.3, 0.4) is 0 Å². The molecule has 1 aromatic carbocycles. The number of fused-ring (bicyclic) bond motifs is 1. The first-order valence-corrected chi connectivity index (χ1v) is 10.4. The predicted octanol–water partition coefficient (Wildman–Crippen LogP) is 5.11. The number of hydrogen-bond acceptors (Lipinski definition) is 4. The second-order valence-corrected chi connectivity index (χ2v) is 7.90. The number of aromatic nitrogens is 1. The van der Waals surface area contributed by atoms with Crippen LogP contribution in [0.1, 0.15) is 31.2 Å². The molecular weight excluding hydrogens is 407 g/mol. The van der Waals surface area contributed by atoms with E-state index in [1.54, 1.807) is 17.4 Å². The van der Waals surface area contributed by atoms with Crippen LogP contribution in [-0.4, -0.2) is 41.6 Å². The molecule has 1 aromatic heterocycles. The molecule has 0 unspecified atom stereocenters. The van der Waals surface area contributed by atoms with Crippen molar-refractivity contribution < 1.29 is 22.7 Å². The van der Waals surface area contributed by atoms with Crippen molar-refractivity contribution in [1.29, 1.82) is 0 Å². The van der Waals surface area contributed by atoms with Gasteiger partial charge in [0, 0.05) is 29.6 Å². The van der Waals surface area contributed by atoms with Gasteiger partial charge in [-0.15, -0.1) is 0 Å². The van der Waals surface area contributed by atoms with E-state index in [2.05, 4.69) is 10.3 Å². The van der Waals surface area contributed by atoms with Gasteiger partial charge in [-0.2, -0.15) is 13.2 Å². The summed E-state index contributed by atoms with van der Waals surface area (Å²) in [4.78, 5) is 18.8. The summed E-state index contributed by atoms with van der Waals surface area (Å²) in [6, 6.07) is 7.76. The largest absolute Gasteiger partial charge is 0.465 e. The average molecular weight is 431 g/mol. The number of ether oxygens (including phenoxy) is 1. The Morgan fingerprint density at radius 2 is 2.00 bits per heavy atom. The van der Waals surface area contributed by atoms with Crippen LogP contribution < -0.4 is 5.32 Å². The highest BCUT2D eigenvalue weighted by Gasteiger charge is 2.30. The van der Waals surface area contributed by atoms with Gasteiger partial charge in [-0.05, 0) is 62.0 Å². The number of carbonyl (C=O) groups excluding carboxylic acids is 1. The molecule has 1 N–H and O–H groups in total. The van der Waals surface area contributed by atoms with E-state index in [9.17, 15) is 18.0 Å². The molecule has 2 aliphatic heterocycles. The maximum atomic E-state index is 12.7. The molecule has 0 bridgehead atoms. The molecule has 2 aliphatic rings. The fraction of sp³-hybridized carbons (Fsp3) is 0.391. The lowest BCUT2D eigenvalue weighted by atomic mass is 9.95. The number of halogens is 3. The van der Waals surface area contributed by atoms with Crippen molar-refractivity contribution >= 4 is 28.3 Å². The molecule has 31 heavy (non-hydrogen) atoms. The number of likely N-dealkylation sites (tertiary alicyclic amines) is 1. The van der Waals surface area contributed by atoms with Crippen LogP contribution in [0.25, 0.3) is 16.5 Å². The molecular formula is C23H24F3N3O2. The number of alkyl halides is 3. The van der Waals surface area contributed by atoms with Crippen LogP contribution in [0.5, 0.6) is 0 Å². The van der Waals surface area contributed by atoms with Gasteiger partial charge in [-0.25, -0.2) is 4.98 Å². The zero-order chi connectivity index (χ0) is 21.8. The Morgan fingerprint density at radius 1 is 1.19 bits per heavy atom. The number of allylic oxidation sites excluding steroid dienone is 2. The standard InChI is InChI=1S/C23H24F3N3O2/c24-23(25,26)8-11-29-9-6-16(7-10-29)22(30)28-21-14-19-13-17(4-5-18(19)15-27-21)20-3-1-2-12-31-20/h2-5,12-16H,1,6-11H2,(H,27,28,30). The lowest BCUT2D eigenvalue weighted by Crippen LogP contribution is -2.39. The number of hydrogen-bond donors (Lipinski definition) is 1. The number of amides is 1. The minimum atomic E-state index is -4.15. The van der Waals surface area contributed by atoms with Crippen molar-refractivity contribution in [2.45, 2.75) is 31.9 Å². The molecule has 1 saturated heterocycles. The van der Waals surface area contributed by atoms with Crippen molar-refractivity contribution in [1.82, 2.24) is 9.88 Å². The molecule has 0 atom stereocenters. The van der Waals surface area contributed by atoms with E-state index in [0.29, 0.717) is 31.7 Å². The highest BCUT2D eigenvalue weighted by Crippen LogP contribution is 2.27. The number of pyridine rings is 1. The van der Waals surface area contributed by atoms with Gasteiger partial charge < -0.3 is 15.0 Å². The summed E-state index contributed by atoms with van der Waals surface area (Å²) in [6.45, 7) is 0.973. The Bertz CT molecular complexity index is 1010. The smallest absolute Gasteiger partial charge is 0.390 e. The molecule has 5 nitrogen and oxygen atoms in total. The van der Waals surface area contributed by atoms with Crippen LogP contribution in [0.15, 0.2) is 48.9 Å². The molecule has 164 valence electrons. The molecule has 0 saturated carbocycles. The van der Waals surface area contributed by atoms with Gasteiger partial charge in [0.25, 0.3) is 0 Å². The van der Waals surface area contributed by atoms with Gasteiger partial charge in [0.15, 0.2) is 0 Å². The Hall–Kier alpha value is -2.87. The first-order chi connectivity index (χ1) is 14.9. The third-order valence-corrected chi connectivity index (χ3v) is 5.66. The second kappa shape index (κ2) is 9.09. The van der Waals surface area contributed by atoms with Gasteiger partial charge >= 0.3 is 6.18 Å². The molecule has 0 spiro atoms. The van der Waals surface area contributed by atoms with Crippen LogP contribution in [0.4, 0.5) is 19.0 Å². The summed E-state index contributed by atoms with van der Waals surface area (Å²) in [6.07, 6.45) is 4.27. The summed E-state index contributed by atoms with van der Waals surface area (Å²) in [5.41, 5.74) is 0.951. The van der Waals surface area contributed by atoms with Crippen LogP contribution in [0.2, 0.25) is 0 Å². The maximum absolute atomic E-state index is 12.7. The third kappa shape index (κ3) is 5.64. The normalized spacial score (nSPS) is 18.0. The molecule has 0 aliphatic carbocycles. The number of nitrogens with one attached hydrogen (secondary N) is 1. The molecule has 1 amide bonds. The molecule has 3 heterocycles. The van der Waals surface area contributed by atoms with Crippen LogP contribution in [-0.2, 0) is 9.53 Å². The molecule has 0 radical (unpaired) electrons. The number of benzene rings is 1. The Labute approximate surface area is 178 Å². The highest BCUT2D eigenvalue weighted by molar-refractivity contribution is 5.94. The zero-order valence-electron chi connectivity index (χ0n) is 17.0. The minimum Gasteiger partial charge on any atom is -0.465 e. The van der Waals surface area contributed by atoms with Crippen LogP contribution in [0, 0.1) is 5.92 Å². The number of anilines is 1. The van der Waals surface area contributed by atoms with E-state index in [-0.39, 0.29) is 18.4 Å². The van der Waals surface area contributed by atoms with Gasteiger partial charge in [0.2, 0.25) is 5.91 Å². The van der Waals surface area contributed by atoms with Crippen LogP contribution >= 0.6 is 0 Å². The van der Waals surface area contributed by atoms with E-state index in [4.69, 9.17) is 4.74 Å². The number of rotatable bonds is 5. The number of piperidine rings is 1. The summed E-state index contributed by atoms with van der Waals surface area (Å²) >= 11 is 0. The Morgan fingerprint density at radius 3 is 2.71 bits per heavy atom. The summed E-state index contributed by atoms with van der Waals surface area (Å²) in [7, 11) is 0. The maximum Gasteiger partial charge on any atom is 0.390 e. The zero-order valence-corrected chi connectivity index (χ0v) is 17.0. The Kier molecular flexibility index (Phi) is 6.27. The first kappa shape index (κ1) is 21.4. The lowest BCUT2D eigenvalue weighted by Gasteiger charge is -2.31. The van der Waals surface area contributed by atoms with E-state index in [1.165, 1.54) is 0 Å². The fourth-order valence-corrected chi connectivity index (χ4v) is 3.88. The SMILES string of the molecule is O=C(Nc1cc2cc(C3=CCC=CO3)ccc2cn1)C1CCN(CCC(F)(F)F)CC1. The fourth-order valence-electron chi connectivity index (χ4n) is 3.88. The van der Waals surface area contributed by atoms with Crippen molar-refractivity contribution in [3.63, 3.8) is 0 Å². The summed E-state index contributed by atoms with van der Waals surface area (Å²) in [5, 5.41) is 4.75. The third-order valence-electron chi connectivity index (χ3n) is 5.66. The monoisotopic (exact) mass is 431 g/mol. The average Bonchev–Trinajstić information content (AvgIpc) is 2.77.